The fourth-order valence-corrected chi connectivity index (χ4v) is 8.85. The van der Waals surface area contributed by atoms with E-state index in [0.717, 1.165) is 56.2 Å². The molecule has 2 heteroatoms. The number of rotatable bonds is 4. The van der Waals surface area contributed by atoms with Gasteiger partial charge in [-0.2, -0.15) is 0 Å². The molecule has 2 aliphatic heterocycles. The average Bonchev–Trinajstić information content (AvgIpc) is 3.64. The van der Waals surface area contributed by atoms with Crippen LogP contribution in [0.5, 0.6) is 11.5 Å². The second-order valence-corrected chi connectivity index (χ2v) is 13.8. The first-order valence-corrected chi connectivity index (χ1v) is 17.7. The monoisotopic (exact) mass is 666 g/mol. The lowest BCUT2D eigenvalue weighted by atomic mass is 9.70. The van der Waals surface area contributed by atoms with Gasteiger partial charge in [0.25, 0.3) is 0 Å². The maximum atomic E-state index is 6.19. The van der Waals surface area contributed by atoms with Crippen LogP contribution in [0.25, 0.3) is 50.3 Å². The molecular formula is C50H34O2. The maximum Gasteiger partial charge on any atom is 0.141 e. The van der Waals surface area contributed by atoms with E-state index < -0.39 is 5.41 Å². The molecule has 1 spiro atoms. The minimum atomic E-state index is -0.391. The van der Waals surface area contributed by atoms with Gasteiger partial charge in [0.05, 0.1) is 17.2 Å². The first kappa shape index (κ1) is 30.2. The van der Waals surface area contributed by atoms with Crippen molar-refractivity contribution in [2.75, 3.05) is 0 Å². The Morgan fingerprint density at radius 1 is 0.615 bits per heavy atom. The minimum absolute atomic E-state index is 0.391. The molecule has 2 aliphatic carbocycles. The molecule has 0 saturated carbocycles. The summed E-state index contributed by atoms with van der Waals surface area (Å²) in [4.78, 5) is 0. The number of allylic oxidation sites excluding steroid dienone is 8. The van der Waals surface area contributed by atoms with Gasteiger partial charge in [0.15, 0.2) is 0 Å². The van der Waals surface area contributed by atoms with Crippen LogP contribution in [-0.2, 0) is 5.41 Å². The topological polar surface area (TPSA) is 18.5 Å². The Kier molecular flexibility index (Phi) is 6.65. The van der Waals surface area contributed by atoms with Gasteiger partial charge in [0.1, 0.15) is 17.3 Å². The number of ether oxygens (including phenoxy) is 2. The summed E-state index contributed by atoms with van der Waals surface area (Å²) in [6, 6.07) is 46.6. The van der Waals surface area contributed by atoms with Crippen molar-refractivity contribution in [3.63, 3.8) is 0 Å². The predicted molar refractivity (Wildman–Crippen MR) is 214 cm³/mol. The first-order valence-electron chi connectivity index (χ1n) is 17.7. The predicted octanol–water partition coefficient (Wildman–Crippen LogP) is 12.6. The summed E-state index contributed by atoms with van der Waals surface area (Å²) in [6.07, 6.45) is 11.5. The van der Waals surface area contributed by atoms with E-state index in [1.165, 1.54) is 50.1 Å². The maximum absolute atomic E-state index is 6.19. The van der Waals surface area contributed by atoms with E-state index in [4.69, 9.17) is 9.47 Å². The molecule has 0 amide bonds. The van der Waals surface area contributed by atoms with Gasteiger partial charge in [-0.25, -0.2) is 0 Å². The Morgan fingerprint density at radius 2 is 1.23 bits per heavy atom. The van der Waals surface area contributed by atoms with E-state index in [9.17, 15) is 0 Å². The standard InChI is InChI=1S/C50H34O2/c1-4-5-14-31(2)49-41-30-33(25-27-47(41)52-49)35-19-13-28-51-46-26-24-34(29-40(46)32(35)3)36-18-12-23-45-48(36)39-17-8-11-22-44(39)50(45)42-20-9-6-15-37(42)38-16-7-10-21-43(38)50/h4-30H,1,3H2,2H3/b14-5-,28-13-,35-19+,49-31-. The SMILES string of the molecule is C=C/C=C\C(C)=C1/Oc2ccc(/C3=C/C=C\Oc4ccc(-c5cccc6c5-c5ccccc5C65c6ccccc6-c6ccccc65)cc4C3=C)cc21. The smallest absolute Gasteiger partial charge is 0.141 e. The summed E-state index contributed by atoms with van der Waals surface area (Å²) in [7, 11) is 0. The molecule has 0 fully saturated rings. The lowest BCUT2D eigenvalue weighted by Gasteiger charge is -2.30. The van der Waals surface area contributed by atoms with Gasteiger partial charge in [-0.1, -0.05) is 141 Å². The van der Waals surface area contributed by atoms with Crippen LogP contribution in [-0.4, -0.2) is 0 Å². The van der Waals surface area contributed by atoms with Gasteiger partial charge in [-0.05, 0) is 115 Å². The van der Waals surface area contributed by atoms with Crippen molar-refractivity contribution in [1.29, 1.82) is 0 Å². The summed E-state index contributed by atoms with van der Waals surface area (Å²) in [6.45, 7) is 10.5. The van der Waals surface area contributed by atoms with Crippen molar-refractivity contribution in [3.05, 3.63) is 222 Å². The zero-order valence-electron chi connectivity index (χ0n) is 28.8. The Hall–Kier alpha value is -6.64. The number of hydrogen-bond donors (Lipinski definition) is 0. The highest BCUT2D eigenvalue weighted by Crippen LogP contribution is 2.64. The highest BCUT2D eigenvalue weighted by Gasteiger charge is 2.51. The largest absolute Gasteiger partial charge is 0.464 e. The normalized spacial score (nSPS) is 17.8. The van der Waals surface area contributed by atoms with Crippen molar-refractivity contribution in [2.24, 2.45) is 0 Å². The Labute approximate surface area is 304 Å². The second-order valence-electron chi connectivity index (χ2n) is 13.8. The fourth-order valence-electron chi connectivity index (χ4n) is 8.85. The highest BCUT2D eigenvalue weighted by molar-refractivity contribution is 6.07. The summed E-state index contributed by atoms with van der Waals surface area (Å²) in [5.74, 6) is 2.54. The van der Waals surface area contributed by atoms with Gasteiger partial charge in [-0.3, -0.25) is 0 Å². The molecule has 246 valence electrons. The third-order valence-electron chi connectivity index (χ3n) is 11.1. The molecule has 0 N–H and O–H groups in total. The van der Waals surface area contributed by atoms with Crippen LogP contribution in [0.15, 0.2) is 183 Å². The first-order chi connectivity index (χ1) is 25.6. The van der Waals surface area contributed by atoms with E-state index in [1.54, 1.807) is 12.3 Å². The molecule has 4 aliphatic rings. The van der Waals surface area contributed by atoms with Gasteiger partial charge in [-0.15, -0.1) is 0 Å². The lowest BCUT2D eigenvalue weighted by Crippen LogP contribution is -2.25. The van der Waals surface area contributed by atoms with E-state index in [1.807, 2.05) is 24.3 Å². The van der Waals surface area contributed by atoms with Gasteiger partial charge < -0.3 is 9.47 Å². The quantitative estimate of drug-likeness (QED) is 0.174. The van der Waals surface area contributed by atoms with Crippen LogP contribution in [0.1, 0.15) is 45.9 Å². The Bertz CT molecular complexity index is 2630. The van der Waals surface area contributed by atoms with Crippen molar-refractivity contribution >= 4 is 16.9 Å². The molecule has 0 atom stereocenters. The molecule has 2 nitrogen and oxygen atoms in total. The van der Waals surface area contributed by atoms with Gasteiger partial charge >= 0.3 is 0 Å². The third kappa shape index (κ3) is 4.12. The van der Waals surface area contributed by atoms with Crippen LogP contribution < -0.4 is 9.47 Å². The molecule has 2 heterocycles. The Morgan fingerprint density at radius 3 is 1.98 bits per heavy atom. The van der Waals surface area contributed by atoms with Crippen molar-refractivity contribution in [2.45, 2.75) is 12.3 Å². The van der Waals surface area contributed by atoms with E-state index in [0.29, 0.717) is 0 Å². The molecule has 0 saturated heterocycles. The van der Waals surface area contributed by atoms with Crippen LogP contribution in [0.3, 0.4) is 0 Å². The molecule has 6 aromatic rings. The molecule has 52 heavy (non-hydrogen) atoms. The van der Waals surface area contributed by atoms with Crippen LogP contribution in [0.4, 0.5) is 0 Å². The number of benzene rings is 6. The molecule has 0 unspecified atom stereocenters. The number of hydrogen-bond acceptors (Lipinski definition) is 2. The molecular weight excluding hydrogens is 633 g/mol. The lowest BCUT2D eigenvalue weighted by molar-refractivity contribution is 0.462. The molecule has 10 rings (SSSR count). The van der Waals surface area contributed by atoms with Crippen molar-refractivity contribution < 1.29 is 9.47 Å². The van der Waals surface area contributed by atoms with E-state index >= 15 is 0 Å². The van der Waals surface area contributed by atoms with Crippen molar-refractivity contribution in [3.8, 4) is 44.9 Å². The summed E-state index contributed by atoms with van der Waals surface area (Å²) in [5.41, 5.74) is 18.5. The molecule has 0 bridgehead atoms. The molecule has 0 aromatic heterocycles. The molecule has 6 aromatic carbocycles. The average molecular weight is 667 g/mol. The summed E-state index contributed by atoms with van der Waals surface area (Å²) in [5, 5.41) is 0. The third-order valence-corrected chi connectivity index (χ3v) is 11.1. The zero-order valence-corrected chi connectivity index (χ0v) is 28.8. The second kappa shape index (κ2) is 11.4. The zero-order chi connectivity index (χ0) is 35.0. The summed E-state index contributed by atoms with van der Waals surface area (Å²) >= 11 is 0. The number of fused-ring (bicyclic) bond motifs is 12. The summed E-state index contributed by atoms with van der Waals surface area (Å²) < 4.78 is 12.2. The van der Waals surface area contributed by atoms with Crippen molar-refractivity contribution in [1.82, 2.24) is 0 Å². The Balaban J connectivity index is 1.12. The fraction of sp³-hybridized carbons (Fsp3) is 0.0400. The van der Waals surface area contributed by atoms with E-state index in [-0.39, 0.29) is 0 Å². The van der Waals surface area contributed by atoms with Crippen LogP contribution in [0, 0.1) is 0 Å². The highest BCUT2D eigenvalue weighted by atomic mass is 16.5. The molecule has 0 radical (unpaired) electrons. The minimum Gasteiger partial charge on any atom is -0.464 e. The van der Waals surface area contributed by atoms with Crippen LogP contribution >= 0.6 is 0 Å². The van der Waals surface area contributed by atoms with Crippen LogP contribution in [0.2, 0.25) is 0 Å². The van der Waals surface area contributed by atoms with Gasteiger partial charge in [0, 0.05) is 5.56 Å². The van der Waals surface area contributed by atoms with Gasteiger partial charge in [0.2, 0.25) is 0 Å². The van der Waals surface area contributed by atoms with E-state index in [2.05, 4.69) is 147 Å².